The predicted octanol–water partition coefficient (Wildman–Crippen LogP) is 12.0. The second-order valence-corrected chi connectivity index (χ2v) is 10.9. The first-order chi connectivity index (χ1) is 20.8. The van der Waals surface area contributed by atoms with E-state index in [1.807, 2.05) is 18.2 Å². The molecule has 0 unspecified atom stereocenters. The van der Waals surface area contributed by atoms with Crippen molar-refractivity contribution in [2.75, 3.05) is 0 Å². The van der Waals surface area contributed by atoms with Crippen LogP contribution in [0.2, 0.25) is 0 Å². The number of hydrogen-bond donors (Lipinski definition) is 0. The van der Waals surface area contributed by atoms with Gasteiger partial charge in [-0.1, -0.05) is 141 Å². The van der Waals surface area contributed by atoms with Crippen molar-refractivity contribution in [2.24, 2.45) is 0 Å². The summed E-state index contributed by atoms with van der Waals surface area (Å²) in [6.45, 7) is 8.09. The zero-order valence-electron chi connectivity index (χ0n) is 23.7. The molecule has 0 atom stereocenters. The lowest BCUT2D eigenvalue weighted by Crippen LogP contribution is -1.95. The van der Waals surface area contributed by atoms with Gasteiger partial charge in [-0.25, -0.2) is 0 Å². The third kappa shape index (κ3) is 4.42. The Kier molecular flexibility index (Phi) is 6.74. The Labute approximate surface area is 248 Å². The Morgan fingerprint density at radius 2 is 1.21 bits per heavy atom. The summed E-state index contributed by atoms with van der Waals surface area (Å²) in [7, 11) is 0. The summed E-state index contributed by atoms with van der Waals surface area (Å²) >= 11 is 0. The van der Waals surface area contributed by atoms with Gasteiger partial charge in [-0.3, -0.25) is 0 Å². The molecule has 7 rings (SSSR count). The van der Waals surface area contributed by atoms with Crippen LogP contribution < -0.4 is 0 Å². The fourth-order valence-electron chi connectivity index (χ4n) is 6.51. The summed E-state index contributed by atoms with van der Waals surface area (Å²) in [5.74, 6) is 0. The van der Waals surface area contributed by atoms with E-state index in [2.05, 4.69) is 141 Å². The van der Waals surface area contributed by atoms with E-state index < -0.39 is 0 Å². The maximum Gasteiger partial charge on any atom is -0.00201 e. The molecule has 0 N–H and O–H groups in total. The highest BCUT2D eigenvalue weighted by Crippen LogP contribution is 2.46. The van der Waals surface area contributed by atoms with Crippen molar-refractivity contribution in [3.63, 3.8) is 0 Å². The lowest BCUT2D eigenvalue weighted by Gasteiger charge is -2.20. The molecule has 0 saturated heterocycles. The molecule has 1 aliphatic rings. The highest BCUT2D eigenvalue weighted by molar-refractivity contribution is 6.23. The maximum absolute atomic E-state index is 4.13. The van der Waals surface area contributed by atoms with Crippen molar-refractivity contribution < 1.29 is 0 Å². The Morgan fingerprint density at radius 3 is 1.86 bits per heavy atom. The number of allylic oxidation sites excluding steroid dienone is 8. The molecule has 0 heteroatoms. The topological polar surface area (TPSA) is 0 Å². The molecule has 0 nitrogen and oxygen atoms in total. The van der Waals surface area contributed by atoms with Gasteiger partial charge < -0.3 is 0 Å². The van der Waals surface area contributed by atoms with E-state index in [4.69, 9.17) is 0 Å². The molecular weight excluding hydrogens is 504 g/mol. The molecular formula is C42H32. The standard InChI is InChI=1S/C42H32/c1-3-15-29(4-2)32-26-33(30-16-6-5-7-17-30)28-34(27-32)41-37-21-10-12-23-39(37)42(40-24-13-11-22-38(40)41)36-25-14-19-31-18-8-9-20-35(31)36/h3-4,6,8-28H,1-2,5,7H2/b29-15+. The van der Waals surface area contributed by atoms with Gasteiger partial charge in [0.25, 0.3) is 0 Å². The summed E-state index contributed by atoms with van der Waals surface area (Å²) in [6, 6.07) is 40.1. The molecule has 6 aromatic rings. The number of fused-ring (bicyclic) bond motifs is 3. The molecule has 0 bridgehead atoms. The molecule has 0 fully saturated rings. The van der Waals surface area contributed by atoms with Crippen LogP contribution in [0.3, 0.4) is 0 Å². The number of hydrogen-bond acceptors (Lipinski definition) is 0. The van der Waals surface area contributed by atoms with E-state index >= 15 is 0 Å². The normalized spacial score (nSPS) is 13.4. The summed E-state index contributed by atoms with van der Waals surface area (Å²) in [6.07, 6.45) is 14.9. The monoisotopic (exact) mass is 536 g/mol. The highest BCUT2D eigenvalue weighted by Gasteiger charge is 2.19. The quantitative estimate of drug-likeness (QED) is 0.147. The average molecular weight is 537 g/mol. The van der Waals surface area contributed by atoms with Gasteiger partial charge in [-0.2, -0.15) is 0 Å². The van der Waals surface area contributed by atoms with E-state index in [0.717, 1.165) is 24.0 Å². The fourth-order valence-corrected chi connectivity index (χ4v) is 6.51. The lowest BCUT2D eigenvalue weighted by molar-refractivity contribution is 1.04. The van der Waals surface area contributed by atoms with E-state index in [1.54, 1.807) is 0 Å². The number of benzene rings is 6. The van der Waals surface area contributed by atoms with E-state index in [9.17, 15) is 0 Å². The van der Waals surface area contributed by atoms with Gasteiger partial charge in [0.1, 0.15) is 0 Å². The Balaban J connectivity index is 1.60. The molecule has 0 amide bonds. The smallest absolute Gasteiger partial charge is 0.00201 e. The summed E-state index contributed by atoms with van der Waals surface area (Å²) in [4.78, 5) is 0. The molecule has 0 saturated carbocycles. The molecule has 6 aromatic carbocycles. The van der Waals surface area contributed by atoms with Crippen LogP contribution in [0.4, 0.5) is 0 Å². The zero-order valence-corrected chi connectivity index (χ0v) is 23.7. The van der Waals surface area contributed by atoms with E-state index in [0.29, 0.717) is 0 Å². The molecule has 0 aliphatic heterocycles. The van der Waals surface area contributed by atoms with Gasteiger partial charge in [0, 0.05) is 0 Å². The second kappa shape index (κ2) is 11.0. The van der Waals surface area contributed by atoms with Crippen molar-refractivity contribution in [1.82, 2.24) is 0 Å². The first-order valence-electron chi connectivity index (χ1n) is 14.7. The minimum Gasteiger partial charge on any atom is -0.0990 e. The third-order valence-corrected chi connectivity index (χ3v) is 8.39. The van der Waals surface area contributed by atoms with Crippen LogP contribution in [-0.2, 0) is 0 Å². The minimum atomic E-state index is 1.06. The SMILES string of the molecule is C=C/C=C(\C=C)c1cc(C2=CCCC=C2)cc(-c2c3ccccc3c(-c3cccc4ccccc34)c3ccccc23)c1. The Bertz CT molecular complexity index is 2050. The van der Waals surface area contributed by atoms with Crippen LogP contribution in [0.1, 0.15) is 24.0 Å². The average Bonchev–Trinajstić information content (AvgIpc) is 3.06. The van der Waals surface area contributed by atoms with Crippen molar-refractivity contribution in [3.05, 3.63) is 170 Å². The summed E-state index contributed by atoms with van der Waals surface area (Å²) in [5, 5.41) is 7.55. The summed E-state index contributed by atoms with van der Waals surface area (Å²) < 4.78 is 0. The van der Waals surface area contributed by atoms with Gasteiger partial charge in [0.15, 0.2) is 0 Å². The van der Waals surface area contributed by atoms with Crippen molar-refractivity contribution in [1.29, 1.82) is 0 Å². The van der Waals surface area contributed by atoms with E-state index in [-0.39, 0.29) is 0 Å². The van der Waals surface area contributed by atoms with Gasteiger partial charge in [0.2, 0.25) is 0 Å². The second-order valence-electron chi connectivity index (χ2n) is 10.9. The molecule has 200 valence electrons. The molecule has 0 spiro atoms. The van der Waals surface area contributed by atoms with Crippen LogP contribution in [0.5, 0.6) is 0 Å². The van der Waals surface area contributed by atoms with Gasteiger partial charge in [-0.05, 0) is 108 Å². The first-order valence-corrected chi connectivity index (χ1v) is 14.7. The Morgan fingerprint density at radius 1 is 0.595 bits per heavy atom. The van der Waals surface area contributed by atoms with Crippen LogP contribution >= 0.6 is 0 Å². The third-order valence-electron chi connectivity index (χ3n) is 8.39. The molecule has 0 radical (unpaired) electrons. The molecule has 42 heavy (non-hydrogen) atoms. The first kappa shape index (κ1) is 25.7. The highest BCUT2D eigenvalue weighted by atomic mass is 14.2. The molecule has 0 heterocycles. The van der Waals surface area contributed by atoms with Crippen LogP contribution in [-0.4, -0.2) is 0 Å². The molecule has 0 aromatic heterocycles. The van der Waals surface area contributed by atoms with E-state index in [1.165, 1.54) is 65.7 Å². The van der Waals surface area contributed by atoms with Crippen LogP contribution in [0.25, 0.3) is 65.7 Å². The van der Waals surface area contributed by atoms with Gasteiger partial charge in [0.05, 0.1) is 0 Å². The lowest BCUT2D eigenvalue weighted by atomic mass is 9.83. The van der Waals surface area contributed by atoms with Crippen molar-refractivity contribution in [2.45, 2.75) is 12.8 Å². The molecule has 1 aliphatic carbocycles. The maximum atomic E-state index is 4.13. The van der Waals surface area contributed by atoms with Crippen LogP contribution in [0.15, 0.2) is 159 Å². The van der Waals surface area contributed by atoms with Crippen LogP contribution in [0, 0.1) is 0 Å². The number of rotatable bonds is 6. The van der Waals surface area contributed by atoms with Crippen molar-refractivity contribution in [3.8, 4) is 22.3 Å². The van der Waals surface area contributed by atoms with Gasteiger partial charge in [-0.15, -0.1) is 0 Å². The largest absolute Gasteiger partial charge is 0.0990 e. The Hall–Kier alpha value is -5.20. The fraction of sp³-hybridized carbons (Fsp3) is 0.0476. The summed E-state index contributed by atoms with van der Waals surface area (Å²) in [5.41, 5.74) is 9.72. The van der Waals surface area contributed by atoms with Crippen molar-refractivity contribution >= 4 is 43.5 Å². The zero-order chi connectivity index (χ0) is 28.5. The minimum absolute atomic E-state index is 1.06. The predicted molar refractivity (Wildman–Crippen MR) is 185 cm³/mol. The van der Waals surface area contributed by atoms with Gasteiger partial charge >= 0.3 is 0 Å².